The van der Waals surface area contributed by atoms with E-state index in [1.54, 1.807) is 22.8 Å². The number of benzene rings is 1. The molecule has 0 fully saturated rings. The van der Waals surface area contributed by atoms with Crippen molar-refractivity contribution in [3.63, 3.8) is 0 Å². The molecule has 0 saturated heterocycles. The van der Waals surface area contributed by atoms with Gasteiger partial charge in [-0.2, -0.15) is 4.57 Å². The van der Waals surface area contributed by atoms with Gasteiger partial charge in [-0.1, -0.05) is 18.2 Å². The molecule has 0 spiro atoms. The zero-order valence-electron chi connectivity index (χ0n) is 9.58. The van der Waals surface area contributed by atoms with Crippen LogP contribution in [-0.4, -0.2) is 11.0 Å². The van der Waals surface area contributed by atoms with Crippen molar-refractivity contribution < 1.29 is 26.9 Å². The predicted molar refractivity (Wildman–Crippen MR) is 63.4 cm³/mol. The number of phenols is 1. The van der Waals surface area contributed by atoms with Crippen molar-refractivity contribution in [2.75, 3.05) is 5.32 Å². The van der Waals surface area contributed by atoms with Crippen LogP contribution in [0, 0.1) is 0 Å². The molecule has 0 aliphatic rings. The highest BCUT2D eigenvalue weighted by atomic mass is 35.5. The Hall–Kier alpha value is -2.07. The van der Waals surface area contributed by atoms with Crippen molar-refractivity contribution in [3.8, 4) is 5.75 Å². The van der Waals surface area contributed by atoms with Crippen LogP contribution in [0.15, 0.2) is 54.9 Å². The van der Waals surface area contributed by atoms with Crippen molar-refractivity contribution in [1.82, 2.24) is 0 Å². The van der Waals surface area contributed by atoms with Gasteiger partial charge < -0.3 is 22.8 Å². The summed E-state index contributed by atoms with van der Waals surface area (Å²) in [6.07, 6.45) is 3.62. The van der Waals surface area contributed by atoms with Crippen molar-refractivity contribution in [1.29, 1.82) is 0 Å². The average Bonchev–Trinajstić information content (AvgIpc) is 2.33. The molecule has 5 heteroatoms. The largest absolute Gasteiger partial charge is 1.00 e. The average molecular weight is 265 g/mol. The fourth-order valence-electron chi connectivity index (χ4n) is 1.47. The summed E-state index contributed by atoms with van der Waals surface area (Å²) < 4.78 is 1.76. The number of phenolic OH excluding ortho intramolecular Hbond substituents is 1. The molecule has 1 amide bonds. The number of nitrogens with zero attached hydrogens (tertiary/aromatic N) is 1. The molecule has 2 aromatic rings. The van der Waals surface area contributed by atoms with Gasteiger partial charge in [0.2, 0.25) is 6.54 Å². The van der Waals surface area contributed by atoms with Crippen LogP contribution in [-0.2, 0) is 11.3 Å². The SMILES string of the molecule is O=C(C[n+]1ccccc1)Nc1ccccc1O.[Cl-]. The Morgan fingerprint density at radius 1 is 1.11 bits per heavy atom. The third-order valence-electron chi connectivity index (χ3n) is 2.28. The molecule has 2 N–H and O–H groups in total. The van der Waals surface area contributed by atoms with Gasteiger partial charge in [-0.05, 0) is 12.1 Å². The van der Waals surface area contributed by atoms with Crippen LogP contribution in [0.5, 0.6) is 5.75 Å². The van der Waals surface area contributed by atoms with Crippen LogP contribution in [0.25, 0.3) is 0 Å². The molecule has 0 aliphatic carbocycles. The summed E-state index contributed by atoms with van der Waals surface area (Å²) in [5, 5.41) is 12.2. The van der Waals surface area contributed by atoms with Crippen LogP contribution in [0.4, 0.5) is 5.69 Å². The number of para-hydroxylation sites is 2. The number of carbonyl (C=O) groups excluding carboxylic acids is 1. The van der Waals surface area contributed by atoms with Crippen LogP contribution >= 0.6 is 0 Å². The fraction of sp³-hybridized carbons (Fsp3) is 0.0769. The van der Waals surface area contributed by atoms with E-state index in [-0.39, 0.29) is 30.6 Å². The zero-order chi connectivity index (χ0) is 12.1. The molecule has 0 aliphatic heterocycles. The Morgan fingerprint density at radius 2 is 1.78 bits per heavy atom. The first-order valence-electron chi connectivity index (χ1n) is 5.27. The lowest BCUT2D eigenvalue weighted by atomic mass is 10.3. The second kappa shape index (κ2) is 6.61. The Labute approximate surface area is 111 Å². The highest BCUT2D eigenvalue weighted by Gasteiger charge is 2.10. The maximum atomic E-state index is 11.7. The molecule has 0 radical (unpaired) electrons. The molecular weight excluding hydrogens is 252 g/mol. The number of aromatic nitrogens is 1. The summed E-state index contributed by atoms with van der Waals surface area (Å²) in [7, 11) is 0. The number of halogens is 1. The fourth-order valence-corrected chi connectivity index (χ4v) is 1.47. The van der Waals surface area contributed by atoms with Crippen LogP contribution in [0.2, 0.25) is 0 Å². The van der Waals surface area contributed by atoms with Crippen molar-refractivity contribution in [2.24, 2.45) is 0 Å². The van der Waals surface area contributed by atoms with E-state index in [1.807, 2.05) is 30.6 Å². The maximum absolute atomic E-state index is 11.7. The smallest absolute Gasteiger partial charge is 0.290 e. The Bertz CT molecular complexity index is 517. The van der Waals surface area contributed by atoms with E-state index < -0.39 is 0 Å². The third-order valence-corrected chi connectivity index (χ3v) is 2.28. The third kappa shape index (κ3) is 3.75. The molecule has 2 rings (SSSR count). The molecular formula is C13H13ClN2O2. The number of hydrogen-bond donors (Lipinski definition) is 2. The number of hydrogen-bond acceptors (Lipinski definition) is 2. The van der Waals surface area contributed by atoms with Crippen LogP contribution in [0.3, 0.4) is 0 Å². The van der Waals surface area contributed by atoms with E-state index >= 15 is 0 Å². The van der Waals surface area contributed by atoms with E-state index in [0.717, 1.165) is 0 Å². The molecule has 1 aromatic heterocycles. The number of pyridine rings is 1. The molecule has 0 unspecified atom stereocenters. The van der Waals surface area contributed by atoms with E-state index in [2.05, 4.69) is 5.32 Å². The highest BCUT2D eigenvalue weighted by Crippen LogP contribution is 2.20. The molecule has 0 atom stereocenters. The minimum absolute atomic E-state index is 0. The van der Waals surface area contributed by atoms with Crippen LogP contribution in [0.1, 0.15) is 0 Å². The lowest BCUT2D eigenvalue weighted by Crippen LogP contribution is -3.00. The highest BCUT2D eigenvalue weighted by molar-refractivity contribution is 5.91. The molecule has 1 heterocycles. The van der Waals surface area contributed by atoms with Crippen molar-refractivity contribution in [3.05, 3.63) is 54.9 Å². The first-order valence-corrected chi connectivity index (χ1v) is 5.27. The topological polar surface area (TPSA) is 53.2 Å². The van der Waals surface area contributed by atoms with E-state index in [0.29, 0.717) is 5.69 Å². The minimum Gasteiger partial charge on any atom is -1.00 e. The quantitative estimate of drug-likeness (QED) is 0.514. The van der Waals surface area contributed by atoms with Gasteiger partial charge in [0.05, 0.1) is 5.69 Å². The maximum Gasteiger partial charge on any atom is 0.290 e. The lowest BCUT2D eigenvalue weighted by molar-refractivity contribution is -0.684. The van der Waals surface area contributed by atoms with Gasteiger partial charge in [0.15, 0.2) is 12.4 Å². The number of rotatable bonds is 3. The van der Waals surface area contributed by atoms with Gasteiger partial charge in [0.1, 0.15) is 5.75 Å². The number of anilines is 1. The molecule has 4 nitrogen and oxygen atoms in total. The zero-order valence-corrected chi connectivity index (χ0v) is 10.3. The minimum atomic E-state index is -0.178. The second-order valence-electron chi connectivity index (χ2n) is 3.61. The monoisotopic (exact) mass is 264 g/mol. The number of amides is 1. The normalized spacial score (nSPS) is 9.33. The summed E-state index contributed by atoms with van der Waals surface area (Å²) in [6, 6.07) is 12.2. The molecule has 18 heavy (non-hydrogen) atoms. The van der Waals surface area contributed by atoms with E-state index in [9.17, 15) is 9.90 Å². The van der Waals surface area contributed by atoms with Crippen LogP contribution < -0.4 is 22.3 Å². The Morgan fingerprint density at radius 3 is 2.44 bits per heavy atom. The molecule has 1 aromatic carbocycles. The van der Waals surface area contributed by atoms with Gasteiger partial charge in [-0.3, -0.25) is 4.79 Å². The van der Waals surface area contributed by atoms with Crippen molar-refractivity contribution in [2.45, 2.75) is 6.54 Å². The van der Waals surface area contributed by atoms with Gasteiger partial charge in [-0.25, -0.2) is 0 Å². The summed E-state index contributed by atoms with van der Waals surface area (Å²) in [5.41, 5.74) is 0.425. The Balaban J connectivity index is 0.00000162. The van der Waals surface area contributed by atoms with E-state index in [1.165, 1.54) is 6.07 Å². The van der Waals surface area contributed by atoms with Crippen molar-refractivity contribution >= 4 is 11.6 Å². The molecule has 0 bridgehead atoms. The van der Waals surface area contributed by atoms with Gasteiger partial charge in [-0.15, -0.1) is 0 Å². The molecule has 0 saturated carbocycles. The summed E-state index contributed by atoms with van der Waals surface area (Å²) in [5.74, 6) is -0.110. The number of carbonyl (C=O) groups is 1. The van der Waals surface area contributed by atoms with E-state index in [4.69, 9.17) is 0 Å². The molecule has 94 valence electrons. The number of aromatic hydroxyl groups is 1. The predicted octanol–water partition coefficient (Wildman–Crippen LogP) is -1.68. The summed E-state index contributed by atoms with van der Waals surface area (Å²) >= 11 is 0. The Kier molecular flexibility index (Phi) is 5.14. The summed E-state index contributed by atoms with van der Waals surface area (Å²) in [4.78, 5) is 11.7. The van der Waals surface area contributed by atoms with Gasteiger partial charge >= 0.3 is 0 Å². The van der Waals surface area contributed by atoms with Gasteiger partial charge in [0.25, 0.3) is 5.91 Å². The number of nitrogens with one attached hydrogen (secondary N) is 1. The first-order chi connectivity index (χ1) is 8.25. The van der Waals surface area contributed by atoms with Gasteiger partial charge in [0, 0.05) is 12.1 Å². The standard InChI is InChI=1S/C13H12N2O2.ClH/c16-12-7-3-2-6-11(12)14-13(17)10-15-8-4-1-5-9-15;/h1-9H,10H2,(H-,14,16,17);1H. The second-order valence-corrected chi connectivity index (χ2v) is 3.61. The lowest BCUT2D eigenvalue weighted by Gasteiger charge is -2.04. The first kappa shape index (κ1) is 14.0. The summed E-state index contributed by atoms with van der Waals surface area (Å²) in [6.45, 7) is 0.217.